The Morgan fingerprint density at radius 1 is 1.48 bits per heavy atom. The van der Waals surface area contributed by atoms with Gasteiger partial charge in [0.05, 0.1) is 21.7 Å². The van der Waals surface area contributed by atoms with Crippen LogP contribution in [-0.2, 0) is 13.5 Å². The van der Waals surface area contributed by atoms with Gasteiger partial charge in [-0.05, 0) is 27.2 Å². The van der Waals surface area contributed by atoms with Crippen LogP contribution in [-0.4, -0.2) is 19.7 Å². The molecule has 1 atom stereocenters. The summed E-state index contributed by atoms with van der Waals surface area (Å²) >= 11 is 1.60. The van der Waals surface area contributed by atoms with Gasteiger partial charge in [-0.25, -0.2) is 9.67 Å². The van der Waals surface area contributed by atoms with Crippen LogP contribution in [0.3, 0.4) is 0 Å². The molecule has 1 N–H and O–H groups in total. The van der Waals surface area contributed by atoms with Crippen LogP contribution in [0.2, 0.25) is 0 Å². The normalized spacial score (nSPS) is 12.4. The van der Waals surface area contributed by atoms with Gasteiger partial charge < -0.3 is 5.32 Å². The molecule has 2 rings (SSSR count). The Kier molecular flexibility index (Phi) is 4.26. The molecule has 0 radical (unpaired) electrons. The number of nitrogens with one attached hydrogen (secondary N) is 1. The van der Waals surface area contributed by atoms with Crippen molar-refractivity contribution >= 4 is 22.8 Å². The van der Waals surface area contributed by atoms with E-state index in [9.17, 15) is 10.1 Å². The molecule has 0 saturated carbocycles. The van der Waals surface area contributed by atoms with Crippen molar-refractivity contribution in [3.8, 4) is 0 Å². The number of aryl methyl sites for hydroxylation is 4. The number of anilines is 1. The number of hydrogen-bond donors (Lipinski definition) is 1. The molecule has 114 valence electrons. The predicted octanol–water partition coefficient (Wildman–Crippen LogP) is 3.14. The molecule has 2 aromatic rings. The quantitative estimate of drug-likeness (QED) is 0.677. The second-order valence-corrected chi connectivity index (χ2v) is 6.16. The van der Waals surface area contributed by atoms with Crippen LogP contribution in [0, 0.1) is 24.0 Å². The van der Waals surface area contributed by atoms with Crippen molar-refractivity contribution in [3.05, 3.63) is 31.4 Å². The molecule has 8 heteroatoms. The summed E-state index contributed by atoms with van der Waals surface area (Å²) < 4.78 is 1.54. The minimum atomic E-state index is -0.369. The van der Waals surface area contributed by atoms with E-state index in [1.165, 1.54) is 4.68 Å². The van der Waals surface area contributed by atoms with E-state index < -0.39 is 0 Å². The van der Waals surface area contributed by atoms with Gasteiger partial charge in [-0.2, -0.15) is 5.10 Å². The molecular formula is C13H19N5O2S. The third kappa shape index (κ3) is 2.90. The second kappa shape index (κ2) is 5.80. The first-order valence-corrected chi connectivity index (χ1v) is 7.57. The lowest BCUT2D eigenvalue weighted by molar-refractivity contribution is -0.384. The summed E-state index contributed by atoms with van der Waals surface area (Å²) in [6.45, 7) is 7.74. The van der Waals surface area contributed by atoms with E-state index >= 15 is 0 Å². The third-order valence-electron chi connectivity index (χ3n) is 3.30. The van der Waals surface area contributed by atoms with Gasteiger partial charge in [0.2, 0.25) is 5.82 Å². The number of rotatable bonds is 5. The average Bonchev–Trinajstić information content (AvgIpc) is 2.89. The highest BCUT2D eigenvalue weighted by atomic mass is 32.1. The van der Waals surface area contributed by atoms with E-state index in [1.54, 1.807) is 18.4 Å². The summed E-state index contributed by atoms with van der Waals surface area (Å²) in [4.78, 5) is 16.4. The summed E-state index contributed by atoms with van der Waals surface area (Å²) in [7, 11) is 1.71. The molecule has 0 aliphatic heterocycles. The zero-order chi connectivity index (χ0) is 15.7. The molecule has 0 aliphatic carbocycles. The van der Waals surface area contributed by atoms with Gasteiger partial charge in [0.15, 0.2) is 0 Å². The highest BCUT2D eigenvalue weighted by molar-refractivity contribution is 7.11. The van der Waals surface area contributed by atoms with Crippen molar-refractivity contribution in [1.29, 1.82) is 0 Å². The van der Waals surface area contributed by atoms with Crippen molar-refractivity contribution in [2.24, 2.45) is 7.05 Å². The first-order chi connectivity index (χ1) is 9.85. The monoisotopic (exact) mass is 309 g/mol. The summed E-state index contributed by atoms with van der Waals surface area (Å²) in [5.74, 6) is 0.440. The largest absolute Gasteiger partial charge is 0.357 e. The number of hydrogen-bond acceptors (Lipinski definition) is 6. The van der Waals surface area contributed by atoms with Crippen molar-refractivity contribution in [1.82, 2.24) is 14.8 Å². The highest BCUT2D eigenvalue weighted by Gasteiger charge is 2.27. The zero-order valence-electron chi connectivity index (χ0n) is 12.8. The lowest BCUT2D eigenvalue weighted by atomic mass is 10.2. The Morgan fingerprint density at radius 2 is 2.14 bits per heavy atom. The van der Waals surface area contributed by atoms with Crippen LogP contribution in [0.1, 0.15) is 41.2 Å². The molecule has 0 bridgehead atoms. The zero-order valence-corrected chi connectivity index (χ0v) is 13.6. The Labute approximate surface area is 127 Å². The Hall–Kier alpha value is -1.96. The fourth-order valence-corrected chi connectivity index (χ4v) is 3.31. The van der Waals surface area contributed by atoms with E-state index in [-0.39, 0.29) is 16.7 Å². The maximum Gasteiger partial charge on any atom is 0.333 e. The van der Waals surface area contributed by atoms with Gasteiger partial charge in [-0.3, -0.25) is 10.1 Å². The summed E-state index contributed by atoms with van der Waals surface area (Å²) in [5.41, 5.74) is 1.51. The number of aromatic nitrogens is 3. The first kappa shape index (κ1) is 15.4. The molecule has 0 fully saturated rings. The highest BCUT2D eigenvalue weighted by Crippen LogP contribution is 2.33. The molecule has 0 amide bonds. The molecule has 2 heterocycles. The predicted molar refractivity (Wildman–Crippen MR) is 82.9 cm³/mol. The minimum Gasteiger partial charge on any atom is -0.357 e. The molecule has 0 spiro atoms. The molecule has 7 nitrogen and oxygen atoms in total. The van der Waals surface area contributed by atoms with Crippen molar-refractivity contribution in [3.63, 3.8) is 0 Å². The summed E-state index contributed by atoms with van der Waals surface area (Å²) in [6.07, 6.45) is 0.527. The maximum atomic E-state index is 11.3. The van der Waals surface area contributed by atoms with Crippen LogP contribution in [0.25, 0.3) is 0 Å². The molecule has 0 saturated heterocycles. The van der Waals surface area contributed by atoms with Crippen molar-refractivity contribution in [2.75, 3.05) is 5.32 Å². The van der Waals surface area contributed by atoms with Crippen LogP contribution in [0.15, 0.2) is 0 Å². The van der Waals surface area contributed by atoms with Crippen LogP contribution < -0.4 is 5.32 Å². The fourth-order valence-electron chi connectivity index (χ4n) is 2.38. The molecule has 1 unspecified atom stereocenters. The average molecular weight is 309 g/mol. The topological polar surface area (TPSA) is 85.9 Å². The van der Waals surface area contributed by atoms with Gasteiger partial charge in [0, 0.05) is 11.9 Å². The van der Waals surface area contributed by atoms with E-state index in [2.05, 4.69) is 15.4 Å². The summed E-state index contributed by atoms with van der Waals surface area (Å²) in [6, 6.07) is -0.0602. The van der Waals surface area contributed by atoms with Crippen molar-refractivity contribution in [2.45, 2.75) is 40.2 Å². The molecule has 0 aliphatic rings. The smallest absolute Gasteiger partial charge is 0.333 e. The summed E-state index contributed by atoms with van der Waals surface area (Å²) in [5, 5.41) is 19.7. The van der Waals surface area contributed by atoms with Gasteiger partial charge in [0.1, 0.15) is 5.69 Å². The lowest BCUT2D eigenvalue weighted by Crippen LogP contribution is -2.11. The Bertz CT molecular complexity index is 676. The number of nitro groups is 1. The van der Waals surface area contributed by atoms with E-state index in [1.807, 2.05) is 27.7 Å². The van der Waals surface area contributed by atoms with Crippen molar-refractivity contribution < 1.29 is 4.92 Å². The van der Waals surface area contributed by atoms with Crippen LogP contribution in [0.5, 0.6) is 0 Å². The Balaban J connectivity index is 2.37. The van der Waals surface area contributed by atoms with Crippen LogP contribution >= 0.6 is 11.3 Å². The van der Waals surface area contributed by atoms with Gasteiger partial charge in [-0.1, -0.05) is 6.92 Å². The lowest BCUT2D eigenvalue weighted by Gasteiger charge is -2.13. The Morgan fingerprint density at radius 3 is 2.62 bits per heavy atom. The third-order valence-corrected chi connectivity index (χ3v) is 4.55. The molecule has 2 aromatic heterocycles. The molecule has 21 heavy (non-hydrogen) atoms. The van der Waals surface area contributed by atoms with Crippen LogP contribution in [0.4, 0.5) is 11.5 Å². The van der Waals surface area contributed by atoms with E-state index in [0.717, 1.165) is 15.6 Å². The standard InChI is InChI=1S/C13H19N5O2S/c1-6-10-11(18(19)20)13(17(5)16-10)15-8(3)12-7(2)14-9(4)21-12/h8,15H,6H2,1-5H3. The van der Waals surface area contributed by atoms with Gasteiger partial charge in [0.25, 0.3) is 0 Å². The SMILES string of the molecule is CCc1nn(C)c(NC(C)c2sc(C)nc2C)c1[N+](=O)[O-]. The maximum absolute atomic E-state index is 11.3. The second-order valence-electron chi connectivity index (χ2n) is 4.93. The van der Waals surface area contributed by atoms with E-state index in [4.69, 9.17) is 0 Å². The number of thiazole rings is 1. The number of nitrogens with zero attached hydrogens (tertiary/aromatic N) is 4. The fraction of sp³-hybridized carbons (Fsp3) is 0.538. The first-order valence-electron chi connectivity index (χ1n) is 6.75. The van der Waals surface area contributed by atoms with E-state index in [0.29, 0.717) is 17.9 Å². The molecule has 0 aromatic carbocycles. The molecular weight excluding hydrogens is 290 g/mol. The van der Waals surface area contributed by atoms with Gasteiger partial charge in [-0.15, -0.1) is 11.3 Å². The minimum absolute atomic E-state index is 0.0602. The van der Waals surface area contributed by atoms with Gasteiger partial charge >= 0.3 is 5.69 Å².